The molecule has 2 atom stereocenters. The van der Waals surface area contributed by atoms with Crippen LogP contribution in [-0.4, -0.2) is 82.4 Å². The highest BCUT2D eigenvalue weighted by atomic mass is 19.4. The number of aliphatic imine (C=N–C) groups is 1. The number of nitrogens with zero attached hydrogens (tertiary/aromatic N) is 4. The summed E-state index contributed by atoms with van der Waals surface area (Å²) in [6.07, 6.45) is 8.18. The van der Waals surface area contributed by atoms with E-state index in [0.717, 1.165) is 32.1 Å². The Bertz CT molecular complexity index is 1210. The summed E-state index contributed by atoms with van der Waals surface area (Å²) in [5.41, 5.74) is -1.03. The number of hydrogen-bond acceptors (Lipinski definition) is 7. The van der Waals surface area contributed by atoms with Crippen molar-refractivity contribution >= 4 is 23.2 Å². The lowest BCUT2D eigenvalue weighted by molar-refractivity contribution is -0.145. The van der Waals surface area contributed by atoms with Crippen LogP contribution in [0.3, 0.4) is 0 Å². The molecule has 3 aliphatic rings. The summed E-state index contributed by atoms with van der Waals surface area (Å²) in [5.74, 6) is -1.70. The van der Waals surface area contributed by atoms with Gasteiger partial charge in [0.1, 0.15) is 11.9 Å². The fourth-order valence-corrected chi connectivity index (χ4v) is 5.36. The number of allylic oxidation sites excluding steroid dienone is 4. The molecule has 41 heavy (non-hydrogen) atoms. The molecule has 12 heteroatoms. The van der Waals surface area contributed by atoms with Crippen molar-refractivity contribution in [2.75, 3.05) is 32.7 Å². The highest BCUT2D eigenvalue weighted by Crippen LogP contribution is 2.34. The lowest BCUT2D eigenvalue weighted by Gasteiger charge is -2.38. The molecule has 0 bridgehead atoms. The molecule has 0 radical (unpaired) electrons. The van der Waals surface area contributed by atoms with Crippen molar-refractivity contribution < 1.29 is 32.3 Å². The van der Waals surface area contributed by atoms with Crippen molar-refractivity contribution in [2.24, 2.45) is 10.9 Å². The molecular formula is C29H38F3N5O4. The predicted molar refractivity (Wildman–Crippen MR) is 148 cm³/mol. The molecular weight excluding hydrogens is 539 g/mol. The fourth-order valence-electron chi connectivity index (χ4n) is 5.36. The second kappa shape index (κ2) is 13.5. The standard InChI is InChI=1S/C29H38F3N5O4/c1-3-5-9-19(4-2)27-35-25(29(30,31)32)24(41-27)26(39)34-21-12-13-22(33-18-21)36-14-16-37(17-15-36)28(40)23(38)20-10-7-6-8-11-20/h4-5,9,12-13,20-21,23,38H,3,6-8,10-11,14-18H2,1-2H3,(H,34,39). The van der Waals surface area contributed by atoms with Crippen molar-refractivity contribution in [1.29, 1.82) is 0 Å². The van der Waals surface area contributed by atoms with Gasteiger partial charge in [0, 0.05) is 31.8 Å². The highest BCUT2D eigenvalue weighted by Gasteiger charge is 2.42. The van der Waals surface area contributed by atoms with Gasteiger partial charge in [-0.2, -0.15) is 13.2 Å². The third-order valence-corrected chi connectivity index (χ3v) is 7.70. The zero-order valence-corrected chi connectivity index (χ0v) is 23.5. The summed E-state index contributed by atoms with van der Waals surface area (Å²) < 4.78 is 46.3. The monoisotopic (exact) mass is 577 g/mol. The van der Waals surface area contributed by atoms with Crippen LogP contribution in [0.2, 0.25) is 0 Å². The Morgan fingerprint density at radius 3 is 2.49 bits per heavy atom. The summed E-state index contributed by atoms with van der Waals surface area (Å²) in [5, 5.41) is 13.1. The normalized spacial score (nSPS) is 21.8. The molecule has 9 nitrogen and oxygen atoms in total. The maximum atomic E-state index is 13.7. The van der Waals surface area contributed by atoms with Gasteiger partial charge >= 0.3 is 6.18 Å². The summed E-state index contributed by atoms with van der Waals surface area (Å²) in [6, 6.07) is -0.629. The minimum atomic E-state index is -4.87. The molecule has 2 unspecified atom stereocenters. The Hall–Kier alpha value is -3.41. The summed E-state index contributed by atoms with van der Waals surface area (Å²) in [6.45, 7) is 5.68. The lowest BCUT2D eigenvalue weighted by atomic mass is 9.85. The molecule has 0 aromatic carbocycles. The number of oxazole rings is 1. The van der Waals surface area contributed by atoms with E-state index >= 15 is 0 Å². The lowest BCUT2D eigenvalue weighted by Crippen LogP contribution is -2.54. The van der Waals surface area contributed by atoms with Gasteiger partial charge in [0.2, 0.25) is 11.7 Å². The van der Waals surface area contributed by atoms with Gasteiger partial charge in [0.15, 0.2) is 5.69 Å². The number of piperazine rings is 1. The number of amidine groups is 1. The van der Waals surface area contributed by atoms with E-state index in [9.17, 15) is 27.9 Å². The van der Waals surface area contributed by atoms with Gasteiger partial charge in [-0.3, -0.25) is 14.6 Å². The molecule has 1 aromatic heterocycles. The molecule has 1 aliphatic carbocycles. The van der Waals surface area contributed by atoms with Crippen molar-refractivity contribution in [3.8, 4) is 0 Å². The molecule has 1 aromatic rings. The number of rotatable bonds is 7. The number of nitrogens with one attached hydrogen (secondary N) is 1. The second-order valence-electron chi connectivity index (χ2n) is 10.5. The molecule has 0 spiro atoms. The number of hydrogen-bond donors (Lipinski definition) is 2. The fraction of sp³-hybridized carbons (Fsp3) is 0.586. The molecule has 4 rings (SSSR count). The maximum absolute atomic E-state index is 13.7. The quantitative estimate of drug-likeness (QED) is 0.470. The number of dihydropyridines is 1. The van der Waals surface area contributed by atoms with E-state index in [1.807, 2.05) is 11.8 Å². The topological polar surface area (TPSA) is 111 Å². The number of aromatic nitrogens is 1. The van der Waals surface area contributed by atoms with E-state index in [4.69, 9.17) is 4.42 Å². The van der Waals surface area contributed by atoms with Gasteiger partial charge in [-0.25, -0.2) is 4.98 Å². The molecule has 3 heterocycles. The van der Waals surface area contributed by atoms with Crippen LogP contribution in [0.1, 0.15) is 74.5 Å². The summed E-state index contributed by atoms with van der Waals surface area (Å²) >= 11 is 0. The number of aliphatic hydroxyl groups is 1. The van der Waals surface area contributed by atoms with Crippen LogP contribution in [0.25, 0.3) is 5.57 Å². The Labute approximate surface area is 237 Å². The minimum Gasteiger partial charge on any atom is -0.430 e. The van der Waals surface area contributed by atoms with Gasteiger partial charge < -0.3 is 24.6 Å². The Kier molecular flexibility index (Phi) is 10.1. The first kappa shape index (κ1) is 30.5. The largest absolute Gasteiger partial charge is 0.437 e. The molecule has 2 fully saturated rings. The number of carbonyl (C=O) groups is 2. The SMILES string of the molecule is CC=C(C=CCC)c1nc(C(F)(F)F)c(C(=O)NC2C=CC(N3CCN(C(=O)C(O)C4CCCCC4)CC3)=NC2)o1. The van der Waals surface area contributed by atoms with E-state index in [0.29, 0.717) is 44.0 Å². The van der Waals surface area contributed by atoms with E-state index < -0.39 is 35.7 Å². The molecule has 224 valence electrons. The van der Waals surface area contributed by atoms with E-state index in [2.05, 4.69) is 15.3 Å². The van der Waals surface area contributed by atoms with Crippen molar-refractivity contribution in [3.63, 3.8) is 0 Å². The molecule has 2 N–H and O–H groups in total. The highest BCUT2D eigenvalue weighted by molar-refractivity contribution is 5.96. The molecule has 2 aliphatic heterocycles. The van der Waals surface area contributed by atoms with Gasteiger partial charge in [-0.05, 0) is 38.2 Å². The van der Waals surface area contributed by atoms with Crippen LogP contribution < -0.4 is 5.32 Å². The second-order valence-corrected chi connectivity index (χ2v) is 10.5. The Morgan fingerprint density at radius 1 is 1.20 bits per heavy atom. The van der Waals surface area contributed by atoms with Gasteiger partial charge in [0.05, 0.1) is 12.6 Å². The van der Waals surface area contributed by atoms with Gasteiger partial charge in [-0.1, -0.05) is 50.5 Å². The minimum absolute atomic E-state index is 0.0332. The van der Waals surface area contributed by atoms with Crippen LogP contribution in [0.15, 0.2) is 39.8 Å². The van der Waals surface area contributed by atoms with Crippen LogP contribution in [-0.2, 0) is 11.0 Å². The predicted octanol–water partition coefficient (Wildman–Crippen LogP) is 4.22. The maximum Gasteiger partial charge on any atom is 0.437 e. The van der Waals surface area contributed by atoms with Crippen molar-refractivity contribution in [1.82, 2.24) is 20.1 Å². The Balaban J connectivity index is 1.33. The van der Waals surface area contributed by atoms with Gasteiger partial charge in [0.25, 0.3) is 11.8 Å². The third kappa shape index (κ3) is 7.46. The van der Waals surface area contributed by atoms with Crippen LogP contribution in [0.4, 0.5) is 13.2 Å². The number of carbonyl (C=O) groups excluding carboxylic acids is 2. The van der Waals surface area contributed by atoms with Crippen LogP contribution in [0.5, 0.6) is 0 Å². The van der Waals surface area contributed by atoms with Crippen molar-refractivity contribution in [3.05, 3.63) is 47.7 Å². The van der Waals surface area contributed by atoms with E-state index in [1.165, 1.54) is 0 Å². The number of halogens is 3. The third-order valence-electron chi connectivity index (χ3n) is 7.70. The average Bonchev–Trinajstić information content (AvgIpc) is 3.44. The van der Waals surface area contributed by atoms with E-state index in [1.54, 1.807) is 42.2 Å². The first-order valence-corrected chi connectivity index (χ1v) is 14.3. The number of aliphatic hydroxyl groups excluding tert-OH is 1. The molecule has 1 saturated carbocycles. The summed E-state index contributed by atoms with van der Waals surface area (Å²) in [4.78, 5) is 37.5. The smallest absolute Gasteiger partial charge is 0.430 e. The van der Waals surface area contributed by atoms with Gasteiger partial charge in [-0.15, -0.1) is 0 Å². The first-order valence-electron chi connectivity index (χ1n) is 14.3. The zero-order valence-electron chi connectivity index (χ0n) is 23.5. The average molecular weight is 578 g/mol. The number of amides is 2. The molecule has 1 saturated heterocycles. The first-order chi connectivity index (χ1) is 19.6. The summed E-state index contributed by atoms with van der Waals surface area (Å²) in [7, 11) is 0. The van der Waals surface area contributed by atoms with Crippen LogP contribution in [0, 0.1) is 5.92 Å². The van der Waals surface area contributed by atoms with Crippen molar-refractivity contribution in [2.45, 2.75) is 70.7 Å². The zero-order chi connectivity index (χ0) is 29.6. The van der Waals surface area contributed by atoms with Crippen LogP contribution >= 0.6 is 0 Å². The molecule has 2 amide bonds. The number of alkyl halides is 3. The van der Waals surface area contributed by atoms with E-state index in [-0.39, 0.29) is 24.3 Å². The Morgan fingerprint density at radius 2 is 1.90 bits per heavy atom.